The zero-order chi connectivity index (χ0) is 13.5. The fourth-order valence-corrected chi connectivity index (χ4v) is 1.65. The minimum absolute atomic E-state index is 0.407. The van der Waals surface area contributed by atoms with Crippen molar-refractivity contribution in [3.8, 4) is 5.75 Å². The molecule has 0 spiro atoms. The van der Waals surface area contributed by atoms with Crippen LogP contribution in [0.15, 0.2) is 42.7 Å². The van der Waals surface area contributed by atoms with Crippen LogP contribution in [0.2, 0.25) is 0 Å². The number of hydrogen-bond donors (Lipinski definition) is 1. The minimum Gasteiger partial charge on any atom is -0.492 e. The lowest BCUT2D eigenvalue weighted by Gasteiger charge is -2.09. The van der Waals surface area contributed by atoms with Gasteiger partial charge in [0.25, 0.3) is 0 Å². The molecule has 0 radical (unpaired) electrons. The maximum absolute atomic E-state index is 5.60. The maximum atomic E-state index is 5.60. The molecule has 0 fully saturated rings. The second-order valence-corrected chi connectivity index (χ2v) is 4.57. The Balaban J connectivity index is 1.78. The van der Waals surface area contributed by atoms with E-state index in [9.17, 15) is 0 Å². The maximum Gasteiger partial charge on any atom is 0.129 e. The van der Waals surface area contributed by atoms with Gasteiger partial charge < -0.3 is 10.1 Å². The summed E-state index contributed by atoms with van der Waals surface area (Å²) in [6.45, 7) is 5.55. The molecule has 0 aliphatic rings. The first kappa shape index (κ1) is 13.3. The van der Waals surface area contributed by atoms with Crippen LogP contribution in [0, 0.1) is 0 Å². The number of ether oxygens (including phenoxy) is 1. The molecule has 0 amide bonds. The van der Waals surface area contributed by atoms with Crippen LogP contribution in [0.4, 0.5) is 5.82 Å². The molecule has 4 nitrogen and oxygen atoms in total. The van der Waals surface area contributed by atoms with Crippen molar-refractivity contribution in [2.45, 2.75) is 19.8 Å². The van der Waals surface area contributed by atoms with Crippen LogP contribution in [-0.2, 0) is 0 Å². The van der Waals surface area contributed by atoms with Gasteiger partial charge in [0.15, 0.2) is 0 Å². The van der Waals surface area contributed by atoms with Crippen molar-refractivity contribution in [2.24, 2.45) is 0 Å². The summed E-state index contributed by atoms with van der Waals surface area (Å²) in [6, 6.07) is 11.8. The zero-order valence-corrected chi connectivity index (χ0v) is 11.3. The molecule has 0 bridgehead atoms. The number of nitrogens with zero attached hydrogens (tertiary/aromatic N) is 2. The quantitative estimate of drug-likeness (QED) is 0.808. The largest absolute Gasteiger partial charge is 0.492 e. The van der Waals surface area contributed by atoms with Crippen molar-refractivity contribution in [1.29, 1.82) is 0 Å². The average molecular weight is 257 g/mol. The number of aromatic nitrogens is 2. The van der Waals surface area contributed by atoms with E-state index >= 15 is 0 Å². The van der Waals surface area contributed by atoms with E-state index in [4.69, 9.17) is 4.74 Å². The number of rotatable bonds is 6. The van der Waals surface area contributed by atoms with Crippen molar-refractivity contribution in [2.75, 3.05) is 18.5 Å². The summed E-state index contributed by atoms with van der Waals surface area (Å²) in [5, 5.41) is 3.23. The van der Waals surface area contributed by atoms with Gasteiger partial charge in [-0.2, -0.15) is 0 Å². The van der Waals surface area contributed by atoms with Crippen molar-refractivity contribution in [3.63, 3.8) is 0 Å². The molecule has 0 unspecified atom stereocenters. The van der Waals surface area contributed by atoms with E-state index in [0.717, 1.165) is 17.3 Å². The van der Waals surface area contributed by atoms with Crippen LogP contribution in [0.1, 0.15) is 25.5 Å². The van der Waals surface area contributed by atoms with Crippen LogP contribution in [0.3, 0.4) is 0 Å². The third-order valence-electron chi connectivity index (χ3n) is 2.70. The Labute approximate surface area is 113 Å². The normalized spacial score (nSPS) is 10.5. The number of hydrogen-bond acceptors (Lipinski definition) is 4. The molecule has 100 valence electrons. The Bertz CT molecular complexity index is 500. The predicted octanol–water partition coefficient (Wildman–Crippen LogP) is 3.09. The molecule has 19 heavy (non-hydrogen) atoms. The summed E-state index contributed by atoms with van der Waals surface area (Å²) in [7, 11) is 0. The fourth-order valence-electron chi connectivity index (χ4n) is 1.65. The zero-order valence-electron chi connectivity index (χ0n) is 11.3. The first-order chi connectivity index (χ1) is 9.25. The van der Waals surface area contributed by atoms with E-state index in [1.54, 1.807) is 6.33 Å². The number of anilines is 1. The van der Waals surface area contributed by atoms with Gasteiger partial charge in [-0.1, -0.05) is 32.0 Å². The Morgan fingerprint density at radius 3 is 2.68 bits per heavy atom. The minimum atomic E-state index is 0.407. The summed E-state index contributed by atoms with van der Waals surface area (Å²) >= 11 is 0. The molecule has 2 aromatic rings. The second kappa shape index (κ2) is 6.73. The van der Waals surface area contributed by atoms with Gasteiger partial charge >= 0.3 is 0 Å². The molecule has 1 heterocycles. The molecule has 1 N–H and O–H groups in total. The molecule has 0 aliphatic carbocycles. The van der Waals surface area contributed by atoms with Crippen molar-refractivity contribution >= 4 is 5.82 Å². The van der Waals surface area contributed by atoms with Crippen LogP contribution >= 0.6 is 0 Å². The number of benzene rings is 1. The summed E-state index contributed by atoms with van der Waals surface area (Å²) in [5.74, 6) is 2.13. The topological polar surface area (TPSA) is 47.0 Å². The van der Waals surface area contributed by atoms with Gasteiger partial charge in [0, 0.05) is 11.8 Å². The van der Waals surface area contributed by atoms with Gasteiger partial charge in [-0.25, -0.2) is 9.97 Å². The predicted molar refractivity (Wildman–Crippen MR) is 76.5 cm³/mol. The van der Waals surface area contributed by atoms with Crippen LogP contribution in [-0.4, -0.2) is 23.1 Å². The smallest absolute Gasteiger partial charge is 0.129 e. The third kappa shape index (κ3) is 4.25. The first-order valence-corrected chi connectivity index (χ1v) is 6.49. The Morgan fingerprint density at radius 2 is 1.95 bits per heavy atom. The molecule has 0 saturated heterocycles. The van der Waals surface area contributed by atoms with Crippen LogP contribution in [0.25, 0.3) is 0 Å². The summed E-state index contributed by atoms with van der Waals surface area (Å²) < 4.78 is 5.60. The van der Waals surface area contributed by atoms with E-state index in [2.05, 4.69) is 29.1 Å². The van der Waals surface area contributed by atoms with E-state index < -0.39 is 0 Å². The van der Waals surface area contributed by atoms with Gasteiger partial charge in [-0.15, -0.1) is 0 Å². The van der Waals surface area contributed by atoms with Gasteiger partial charge in [-0.05, 0) is 18.1 Å². The Hall–Kier alpha value is -2.10. The van der Waals surface area contributed by atoms with Gasteiger partial charge in [0.1, 0.15) is 24.5 Å². The van der Waals surface area contributed by atoms with Crippen molar-refractivity contribution in [1.82, 2.24) is 9.97 Å². The SMILES string of the molecule is CC(C)c1cc(NCCOc2ccccc2)ncn1. The fraction of sp³-hybridized carbons (Fsp3) is 0.333. The standard InChI is InChI=1S/C15H19N3O/c1-12(2)14-10-15(18-11-17-14)16-8-9-19-13-6-4-3-5-7-13/h3-7,10-12H,8-9H2,1-2H3,(H,16,17,18). The van der Waals surface area contributed by atoms with Crippen LogP contribution in [0.5, 0.6) is 5.75 Å². The lowest BCUT2D eigenvalue weighted by atomic mass is 10.1. The van der Waals surface area contributed by atoms with E-state index in [0.29, 0.717) is 19.1 Å². The van der Waals surface area contributed by atoms with Crippen molar-refractivity contribution in [3.05, 3.63) is 48.4 Å². The van der Waals surface area contributed by atoms with E-state index in [1.165, 1.54) is 0 Å². The van der Waals surface area contributed by atoms with E-state index in [1.807, 2.05) is 36.4 Å². The lowest BCUT2D eigenvalue weighted by Crippen LogP contribution is -2.12. The molecule has 1 aromatic carbocycles. The molecule has 0 saturated carbocycles. The third-order valence-corrected chi connectivity index (χ3v) is 2.70. The van der Waals surface area contributed by atoms with Gasteiger partial charge in [0.2, 0.25) is 0 Å². The molecule has 2 rings (SSSR count). The molecular weight excluding hydrogens is 238 g/mol. The Kier molecular flexibility index (Phi) is 4.72. The highest BCUT2D eigenvalue weighted by Crippen LogP contribution is 2.13. The lowest BCUT2D eigenvalue weighted by molar-refractivity contribution is 0.333. The number of nitrogens with one attached hydrogen (secondary N) is 1. The summed E-state index contributed by atoms with van der Waals surface area (Å²) in [5.41, 5.74) is 1.04. The number of para-hydroxylation sites is 1. The summed E-state index contributed by atoms with van der Waals surface area (Å²) in [4.78, 5) is 8.42. The van der Waals surface area contributed by atoms with Crippen molar-refractivity contribution < 1.29 is 4.74 Å². The molecule has 1 aromatic heterocycles. The highest BCUT2D eigenvalue weighted by Gasteiger charge is 2.02. The molecular formula is C15H19N3O. The first-order valence-electron chi connectivity index (χ1n) is 6.49. The van der Waals surface area contributed by atoms with Crippen LogP contribution < -0.4 is 10.1 Å². The highest BCUT2D eigenvalue weighted by molar-refractivity contribution is 5.35. The monoisotopic (exact) mass is 257 g/mol. The van der Waals surface area contributed by atoms with E-state index in [-0.39, 0.29) is 0 Å². The molecule has 0 atom stereocenters. The molecule has 4 heteroatoms. The van der Waals surface area contributed by atoms with Gasteiger partial charge in [0.05, 0.1) is 6.54 Å². The second-order valence-electron chi connectivity index (χ2n) is 4.57. The Morgan fingerprint density at radius 1 is 1.16 bits per heavy atom. The van der Waals surface area contributed by atoms with Gasteiger partial charge in [-0.3, -0.25) is 0 Å². The highest BCUT2D eigenvalue weighted by atomic mass is 16.5. The molecule has 0 aliphatic heterocycles. The average Bonchev–Trinajstić information content (AvgIpc) is 2.45. The summed E-state index contributed by atoms with van der Waals surface area (Å²) in [6.07, 6.45) is 1.59.